The van der Waals surface area contributed by atoms with Crippen molar-refractivity contribution in [3.05, 3.63) is 65.9 Å². The molecule has 1 saturated heterocycles. The summed E-state index contributed by atoms with van der Waals surface area (Å²) in [6, 6.07) is 15.5. The van der Waals surface area contributed by atoms with Crippen LogP contribution in [0.2, 0.25) is 0 Å². The number of nitrogens with one attached hydrogen (secondary N) is 1. The number of hydrogen-bond donors (Lipinski definition) is 2. The van der Waals surface area contributed by atoms with Crippen molar-refractivity contribution in [1.82, 2.24) is 9.88 Å². The van der Waals surface area contributed by atoms with Crippen LogP contribution >= 0.6 is 0 Å². The topological polar surface area (TPSA) is 56.3 Å². The molecule has 0 bridgehead atoms. The first-order chi connectivity index (χ1) is 13.2. The highest BCUT2D eigenvalue weighted by molar-refractivity contribution is 6.08. The molecule has 0 saturated carbocycles. The summed E-state index contributed by atoms with van der Waals surface area (Å²) in [5.74, 6) is 1.25. The molecule has 2 heterocycles. The van der Waals surface area contributed by atoms with E-state index in [0.29, 0.717) is 12.3 Å². The van der Waals surface area contributed by atoms with Crippen molar-refractivity contribution in [2.75, 3.05) is 19.6 Å². The minimum atomic E-state index is 0.204. The van der Waals surface area contributed by atoms with E-state index >= 15 is 0 Å². The van der Waals surface area contributed by atoms with Gasteiger partial charge in [-0.25, -0.2) is 0 Å². The highest BCUT2D eigenvalue weighted by Crippen LogP contribution is 2.24. The molecule has 0 spiro atoms. The Labute approximate surface area is 159 Å². The summed E-state index contributed by atoms with van der Waals surface area (Å²) >= 11 is 0. The largest absolute Gasteiger partial charge is 0.508 e. The van der Waals surface area contributed by atoms with Gasteiger partial charge in [-0.15, -0.1) is 0 Å². The fraction of sp³-hybridized carbons (Fsp3) is 0.348. The van der Waals surface area contributed by atoms with Gasteiger partial charge in [-0.1, -0.05) is 30.3 Å². The van der Waals surface area contributed by atoms with E-state index in [4.69, 9.17) is 0 Å². The van der Waals surface area contributed by atoms with E-state index in [1.54, 1.807) is 12.1 Å². The van der Waals surface area contributed by atoms with Crippen molar-refractivity contribution in [2.45, 2.75) is 25.7 Å². The number of ketones is 1. The predicted molar refractivity (Wildman–Crippen MR) is 108 cm³/mol. The van der Waals surface area contributed by atoms with Gasteiger partial charge in [0.05, 0.1) is 6.54 Å². The number of aryl methyl sites for hydroxylation is 1. The van der Waals surface area contributed by atoms with Gasteiger partial charge in [0.1, 0.15) is 5.75 Å². The number of benzene rings is 2. The molecule has 1 aliphatic heterocycles. The van der Waals surface area contributed by atoms with Crippen LogP contribution in [0.5, 0.6) is 5.75 Å². The Kier molecular flexibility index (Phi) is 5.26. The first-order valence-electron chi connectivity index (χ1n) is 9.78. The Morgan fingerprint density at radius 3 is 2.59 bits per heavy atom. The van der Waals surface area contributed by atoms with Crippen LogP contribution in [0.15, 0.2) is 54.7 Å². The second-order valence-corrected chi connectivity index (χ2v) is 7.60. The molecule has 1 aliphatic rings. The average Bonchev–Trinajstić information content (AvgIpc) is 3.13. The molecule has 4 heteroatoms. The van der Waals surface area contributed by atoms with Crippen LogP contribution in [0.25, 0.3) is 10.9 Å². The number of likely N-dealkylation sites (tertiary alicyclic amines) is 1. The van der Waals surface area contributed by atoms with Gasteiger partial charge in [0.25, 0.3) is 0 Å². The van der Waals surface area contributed by atoms with Gasteiger partial charge in [-0.05, 0) is 68.5 Å². The lowest BCUT2D eigenvalue weighted by Crippen LogP contribution is -2.37. The SMILES string of the molecule is O=C(CN1CCC(CCc2ccc(O)cc2)CC1)c1c[nH]c2ccccc12. The van der Waals surface area contributed by atoms with Crippen molar-refractivity contribution >= 4 is 16.7 Å². The summed E-state index contributed by atoms with van der Waals surface area (Å²) in [7, 11) is 0. The third kappa shape index (κ3) is 4.22. The minimum Gasteiger partial charge on any atom is -0.508 e. The number of rotatable bonds is 6. The molecular weight excluding hydrogens is 336 g/mol. The second kappa shape index (κ2) is 7.97. The lowest BCUT2D eigenvalue weighted by Gasteiger charge is -2.31. The Balaban J connectivity index is 1.26. The number of para-hydroxylation sites is 1. The molecule has 0 unspecified atom stereocenters. The number of aromatic hydroxyl groups is 1. The monoisotopic (exact) mass is 362 g/mol. The van der Waals surface area contributed by atoms with Crippen molar-refractivity contribution < 1.29 is 9.90 Å². The van der Waals surface area contributed by atoms with Gasteiger partial charge in [-0.3, -0.25) is 9.69 Å². The maximum absolute atomic E-state index is 12.7. The van der Waals surface area contributed by atoms with Crippen molar-refractivity contribution in [2.24, 2.45) is 5.92 Å². The molecule has 140 valence electrons. The zero-order valence-corrected chi connectivity index (χ0v) is 15.5. The highest BCUT2D eigenvalue weighted by atomic mass is 16.3. The van der Waals surface area contributed by atoms with E-state index in [0.717, 1.165) is 54.7 Å². The molecule has 4 nitrogen and oxygen atoms in total. The van der Waals surface area contributed by atoms with Crippen LogP contribution < -0.4 is 0 Å². The van der Waals surface area contributed by atoms with Crippen LogP contribution in [0.3, 0.4) is 0 Å². The van der Waals surface area contributed by atoms with Gasteiger partial charge in [0.2, 0.25) is 0 Å². The number of aromatic amines is 1. The average molecular weight is 362 g/mol. The molecule has 2 N–H and O–H groups in total. The maximum Gasteiger partial charge on any atom is 0.178 e. The number of fused-ring (bicyclic) bond motifs is 1. The number of H-pyrrole nitrogens is 1. The molecule has 0 aliphatic carbocycles. The van der Waals surface area contributed by atoms with E-state index in [-0.39, 0.29) is 5.78 Å². The Morgan fingerprint density at radius 1 is 1.07 bits per heavy atom. The molecule has 1 aromatic heterocycles. The molecule has 27 heavy (non-hydrogen) atoms. The number of hydrogen-bond acceptors (Lipinski definition) is 3. The summed E-state index contributed by atoms with van der Waals surface area (Å²) in [4.78, 5) is 18.2. The summed E-state index contributed by atoms with van der Waals surface area (Å²) < 4.78 is 0. The fourth-order valence-corrected chi connectivity index (χ4v) is 4.06. The predicted octanol–water partition coefficient (Wildman–Crippen LogP) is 4.40. The van der Waals surface area contributed by atoms with Crippen molar-refractivity contribution in [3.8, 4) is 5.75 Å². The van der Waals surface area contributed by atoms with E-state index in [1.165, 1.54) is 12.0 Å². The third-order valence-electron chi connectivity index (χ3n) is 5.74. The Bertz CT molecular complexity index is 906. The molecule has 1 fully saturated rings. The van der Waals surface area contributed by atoms with Gasteiger partial charge >= 0.3 is 0 Å². The van der Waals surface area contributed by atoms with Gasteiger partial charge in [0, 0.05) is 22.7 Å². The van der Waals surface area contributed by atoms with Gasteiger partial charge in [-0.2, -0.15) is 0 Å². The summed E-state index contributed by atoms with van der Waals surface area (Å²) in [5.41, 5.74) is 3.11. The number of phenolic OH excluding ortho intramolecular Hbond substituents is 1. The van der Waals surface area contributed by atoms with E-state index in [2.05, 4.69) is 9.88 Å². The molecule has 4 rings (SSSR count). The second-order valence-electron chi connectivity index (χ2n) is 7.60. The Morgan fingerprint density at radius 2 is 1.81 bits per heavy atom. The Hall–Kier alpha value is -2.59. The van der Waals surface area contributed by atoms with Crippen molar-refractivity contribution in [1.29, 1.82) is 0 Å². The van der Waals surface area contributed by atoms with Crippen LogP contribution in [-0.2, 0) is 6.42 Å². The quantitative estimate of drug-likeness (QED) is 0.639. The smallest absolute Gasteiger partial charge is 0.178 e. The summed E-state index contributed by atoms with van der Waals surface area (Å²) in [6.07, 6.45) is 6.38. The number of nitrogens with zero attached hydrogens (tertiary/aromatic N) is 1. The molecular formula is C23H26N2O2. The van der Waals surface area contributed by atoms with E-state index in [1.807, 2.05) is 42.6 Å². The fourth-order valence-electron chi connectivity index (χ4n) is 4.06. The molecule has 2 aromatic carbocycles. The first kappa shape index (κ1) is 17.8. The van der Waals surface area contributed by atoms with Crippen molar-refractivity contribution in [3.63, 3.8) is 0 Å². The van der Waals surface area contributed by atoms with Crippen LogP contribution in [0.1, 0.15) is 35.2 Å². The van der Waals surface area contributed by atoms with E-state index in [9.17, 15) is 9.90 Å². The van der Waals surface area contributed by atoms with Gasteiger partial charge in [0.15, 0.2) is 5.78 Å². The lowest BCUT2D eigenvalue weighted by atomic mass is 9.90. The first-order valence-corrected chi connectivity index (χ1v) is 9.78. The normalized spacial score (nSPS) is 16.0. The molecule has 3 aromatic rings. The number of carbonyl (C=O) groups is 1. The summed E-state index contributed by atoms with van der Waals surface area (Å²) in [5, 5.41) is 10.4. The third-order valence-corrected chi connectivity index (χ3v) is 5.74. The maximum atomic E-state index is 12.7. The minimum absolute atomic E-state index is 0.204. The molecule has 0 atom stereocenters. The number of piperidine rings is 1. The number of carbonyl (C=O) groups excluding carboxylic acids is 1. The lowest BCUT2D eigenvalue weighted by molar-refractivity contribution is 0.0895. The number of aromatic nitrogens is 1. The standard InChI is InChI=1S/C23H26N2O2/c26-19-9-7-17(8-10-19)5-6-18-11-13-25(14-12-18)16-23(27)21-15-24-22-4-2-1-3-20(21)22/h1-4,7-10,15,18,24,26H,5-6,11-14,16H2. The molecule has 0 radical (unpaired) electrons. The van der Waals surface area contributed by atoms with E-state index < -0.39 is 0 Å². The van der Waals surface area contributed by atoms with Crippen LogP contribution in [0.4, 0.5) is 0 Å². The molecule has 0 amide bonds. The van der Waals surface area contributed by atoms with Crippen LogP contribution in [0, 0.1) is 5.92 Å². The van der Waals surface area contributed by atoms with Gasteiger partial charge < -0.3 is 10.1 Å². The zero-order chi connectivity index (χ0) is 18.6. The highest BCUT2D eigenvalue weighted by Gasteiger charge is 2.22. The summed E-state index contributed by atoms with van der Waals surface area (Å²) in [6.45, 7) is 2.50. The number of Topliss-reactive ketones (excluding diaryl/α,β-unsaturated/α-hetero) is 1. The zero-order valence-electron chi connectivity index (χ0n) is 15.5. The number of phenols is 1. The van der Waals surface area contributed by atoms with Crippen LogP contribution in [-0.4, -0.2) is 40.4 Å².